The number of Topliss-reactive ketones (excluding diaryl/α,β-unsaturated/α-hetero) is 1. The molecule has 6 nitrogen and oxygen atoms in total. The monoisotopic (exact) mass is 499 g/mol. The van der Waals surface area contributed by atoms with Crippen molar-refractivity contribution < 1.29 is 23.7 Å². The average molecular weight is 500 g/mol. The van der Waals surface area contributed by atoms with Crippen molar-refractivity contribution in [2.75, 3.05) is 33.8 Å². The Morgan fingerprint density at radius 1 is 0.781 bits per heavy atom. The smallest absolute Gasteiger partial charge is 0.165 e. The summed E-state index contributed by atoms with van der Waals surface area (Å²) in [6.45, 7) is 0. The number of methoxy groups -OCH3 is 4. The number of ether oxygens (including phenoxy) is 4. The topological polar surface area (TPSA) is 66.0 Å². The van der Waals surface area contributed by atoms with Gasteiger partial charge in [0.15, 0.2) is 28.8 Å². The molecule has 0 saturated carbocycles. The molecule has 1 N–H and O–H groups in total. The number of hydrogen-bond acceptors (Lipinski definition) is 6. The number of carbonyl (C=O) groups excluding carboxylic acids is 1. The van der Waals surface area contributed by atoms with Crippen molar-refractivity contribution in [3.63, 3.8) is 0 Å². The third-order valence-corrected chi connectivity index (χ3v) is 5.62. The minimum absolute atomic E-state index is 0.0321. The summed E-state index contributed by atoms with van der Waals surface area (Å²) in [5, 5.41) is 3.47. The second kappa shape index (κ2) is 10.9. The number of rotatable bonds is 10. The van der Waals surface area contributed by atoms with Gasteiger partial charge in [-0.2, -0.15) is 0 Å². The highest BCUT2D eigenvalue weighted by Gasteiger charge is 2.20. The predicted molar refractivity (Wildman–Crippen MR) is 129 cm³/mol. The highest BCUT2D eigenvalue weighted by atomic mass is 79.9. The van der Waals surface area contributed by atoms with Gasteiger partial charge in [-0.1, -0.05) is 22.0 Å². The fraction of sp³-hybridized carbons (Fsp3) is 0.240. The summed E-state index contributed by atoms with van der Waals surface area (Å²) in [6.07, 6.45) is 0.223. The zero-order valence-electron chi connectivity index (χ0n) is 18.5. The summed E-state index contributed by atoms with van der Waals surface area (Å²) in [5.41, 5.74) is 2.35. The molecule has 0 bridgehead atoms. The van der Waals surface area contributed by atoms with Crippen molar-refractivity contribution >= 4 is 27.4 Å². The van der Waals surface area contributed by atoms with Gasteiger partial charge in [-0.25, -0.2) is 0 Å². The van der Waals surface area contributed by atoms with Crippen LogP contribution in [0.4, 0.5) is 5.69 Å². The van der Waals surface area contributed by atoms with E-state index in [0.717, 1.165) is 15.7 Å². The lowest BCUT2D eigenvalue weighted by atomic mass is 9.97. The SMILES string of the molecule is COc1ccc(C(=O)CC(Nc2ccc(Br)cc2)c2ccc(OC)c(OC)c2)cc1OC. The van der Waals surface area contributed by atoms with Gasteiger partial charge in [-0.05, 0) is 60.2 Å². The molecule has 168 valence electrons. The van der Waals surface area contributed by atoms with E-state index in [4.69, 9.17) is 18.9 Å². The molecule has 3 aromatic rings. The highest BCUT2D eigenvalue weighted by molar-refractivity contribution is 9.10. The molecule has 3 rings (SSSR count). The molecule has 32 heavy (non-hydrogen) atoms. The zero-order valence-corrected chi connectivity index (χ0v) is 20.1. The Morgan fingerprint density at radius 3 is 1.94 bits per heavy atom. The van der Waals surface area contributed by atoms with Crippen LogP contribution in [0, 0.1) is 0 Å². The Bertz CT molecular complexity index is 1070. The van der Waals surface area contributed by atoms with Crippen LogP contribution in [0.5, 0.6) is 23.0 Å². The van der Waals surface area contributed by atoms with E-state index in [1.807, 2.05) is 42.5 Å². The van der Waals surface area contributed by atoms with Gasteiger partial charge in [0.2, 0.25) is 0 Å². The Labute approximate surface area is 196 Å². The van der Waals surface area contributed by atoms with Crippen LogP contribution in [-0.4, -0.2) is 34.2 Å². The number of halogens is 1. The van der Waals surface area contributed by atoms with Crippen LogP contribution in [0.3, 0.4) is 0 Å². The molecule has 0 fully saturated rings. The van der Waals surface area contributed by atoms with Crippen molar-refractivity contribution in [1.82, 2.24) is 0 Å². The second-order valence-electron chi connectivity index (χ2n) is 7.02. The molecule has 0 spiro atoms. The number of hydrogen-bond donors (Lipinski definition) is 1. The van der Waals surface area contributed by atoms with Crippen LogP contribution in [-0.2, 0) is 0 Å². The fourth-order valence-electron chi connectivity index (χ4n) is 3.38. The summed E-state index contributed by atoms with van der Waals surface area (Å²) in [4.78, 5) is 13.2. The van der Waals surface area contributed by atoms with Crippen molar-refractivity contribution in [1.29, 1.82) is 0 Å². The van der Waals surface area contributed by atoms with E-state index in [1.54, 1.807) is 46.6 Å². The molecule has 0 radical (unpaired) electrons. The molecule has 1 atom stereocenters. The quantitative estimate of drug-likeness (QED) is 0.349. The lowest BCUT2D eigenvalue weighted by Gasteiger charge is -2.21. The Hall–Kier alpha value is -3.19. The van der Waals surface area contributed by atoms with Gasteiger partial charge in [0.1, 0.15) is 0 Å². The first-order chi connectivity index (χ1) is 15.5. The first kappa shape index (κ1) is 23.5. The number of anilines is 1. The van der Waals surface area contributed by atoms with Crippen LogP contribution in [0.2, 0.25) is 0 Å². The van der Waals surface area contributed by atoms with Gasteiger partial charge >= 0.3 is 0 Å². The average Bonchev–Trinajstić information content (AvgIpc) is 2.83. The molecule has 0 aromatic heterocycles. The molecule has 3 aromatic carbocycles. The molecular weight excluding hydrogens is 474 g/mol. The first-order valence-corrected chi connectivity index (χ1v) is 10.8. The first-order valence-electron chi connectivity index (χ1n) is 9.98. The van der Waals surface area contributed by atoms with Crippen molar-refractivity contribution in [2.45, 2.75) is 12.5 Å². The van der Waals surface area contributed by atoms with Gasteiger partial charge in [0.25, 0.3) is 0 Å². The maximum Gasteiger partial charge on any atom is 0.165 e. The number of nitrogens with one attached hydrogen (secondary N) is 1. The van der Waals surface area contributed by atoms with E-state index in [9.17, 15) is 4.79 Å². The van der Waals surface area contributed by atoms with Gasteiger partial charge in [0.05, 0.1) is 34.5 Å². The summed E-state index contributed by atoms with van der Waals surface area (Å²) in [5.74, 6) is 2.29. The van der Waals surface area contributed by atoms with E-state index in [2.05, 4.69) is 21.2 Å². The summed E-state index contributed by atoms with van der Waals surface area (Å²) in [7, 11) is 6.30. The number of ketones is 1. The largest absolute Gasteiger partial charge is 0.493 e. The van der Waals surface area contributed by atoms with Crippen LogP contribution < -0.4 is 24.3 Å². The molecule has 1 unspecified atom stereocenters. The Morgan fingerprint density at radius 2 is 1.34 bits per heavy atom. The maximum absolute atomic E-state index is 13.2. The maximum atomic E-state index is 13.2. The summed E-state index contributed by atoms with van der Waals surface area (Å²) in [6, 6.07) is 18.4. The molecule has 0 saturated heterocycles. The lowest BCUT2D eigenvalue weighted by molar-refractivity contribution is 0.0976. The van der Waals surface area contributed by atoms with Gasteiger partial charge in [-0.15, -0.1) is 0 Å². The number of benzene rings is 3. The van der Waals surface area contributed by atoms with Gasteiger partial charge in [-0.3, -0.25) is 4.79 Å². The normalized spacial score (nSPS) is 11.4. The standard InChI is InChI=1S/C25H26BrNO5/c1-29-22-11-5-16(13-24(22)31-3)20(27-19-9-7-18(26)8-10-19)15-21(28)17-6-12-23(30-2)25(14-17)32-4/h5-14,20,27H,15H2,1-4H3. The summed E-state index contributed by atoms with van der Waals surface area (Å²) >= 11 is 3.45. The summed E-state index contributed by atoms with van der Waals surface area (Å²) < 4.78 is 22.4. The molecule has 0 aliphatic carbocycles. The zero-order chi connectivity index (χ0) is 23.1. The fourth-order valence-corrected chi connectivity index (χ4v) is 3.65. The van der Waals surface area contributed by atoms with Crippen molar-refractivity contribution in [3.05, 3.63) is 76.3 Å². The molecule has 0 aliphatic heterocycles. The van der Waals surface area contributed by atoms with E-state index in [-0.39, 0.29) is 18.2 Å². The minimum atomic E-state index is -0.295. The number of carbonyl (C=O) groups is 1. The van der Waals surface area contributed by atoms with Crippen LogP contribution >= 0.6 is 15.9 Å². The van der Waals surface area contributed by atoms with Crippen molar-refractivity contribution in [3.8, 4) is 23.0 Å². The molecular formula is C25H26BrNO5. The lowest BCUT2D eigenvalue weighted by Crippen LogP contribution is -2.16. The van der Waals surface area contributed by atoms with Crippen LogP contribution in [0.15, 0.2) is 65.1 Å². The molecule has 0 heterocycles. The Kier molecular flexibility index (Phi) is 8.00. The van der Waals surface area contributed by atoms with Gasteiger partial charge < -0.3 is 24.3 Å². The second-order valence-corrected chi connectivity index (χ2v) is 7.93. The molecule has 7 heteroatoms. The minimum Gasteiger partial charge on any atom is -0.493 e. The molecule has 0 aliphatic rings. The third-order valence-electron chi connectivity index (χ3n) is 5.09. The van der Waals surface area contributed by atoms with Crippen LogP contribution in [0.1, 0.15) is 28.4 Å². The third kappa shape index (κ3) is 5.53. The van der Waals surface area contributed by atoms with E-state index in [1.165, 1.54) is 0 Å². The predicted octanol–water partition coefficient (Wildman–Crippen LogP) is 5.91. The molecule has 0 amide bonds. The van der Waals surface area contributed by atoms with E-state index < -0.39 is 0 Å². The van der Waals surface area contributed by atoms with E-state index in [0.29, 0.717) is 28.6 Å². The van der Waals surface area contributed by atoms with E-state index >= 15 is 0 Å². The highest BCUT2D eigenvalue weighted by Crippen LogP contribution is 2.34. The van der Waals surface area contributed by atoms with Gasteiger partial charge in [0, 0.05) is 22.1 Å². The van der Waals surface area contributed by atoms with Crippen LogP contribution in [0.25, 0.3) is 0 Å². The Balaban J connectivity index is 1.93. The van der Waals surface area contributed by atoms with Crippen molar-refractivity contribution in [2.24, 2.45) is 0 Å².